The van der Waals surface area contributed by atoms with Crippen LogP contribution in [-0.4, -0.2) is 16.5 Å². The lowest BCUT2D eigenvalue weighted by Crippen LogP contribution is -2.19. The molecule has 0 spiro atoms. The van der Waals surface area contributed by atoms with E-state index in [9.17, 15) is 0 Å². The fraction of sp³-hybridized carbons (Fsp3) is 0.500. The van der Waals surface area contributed by atoms with Crippen molar-refractivity contribution in [2.24, 2.45) is 0 Å². The highest BCUT2D eigenvalue weighted by atomic mass is 127. The smallest absolute Gasteiger partial charge is 0.198 e. The monoisotopic (exact) mass is 399 g/mol. The second kappa shape index (κ2) is 6.34. The Morgan fingerprint density at radius 1 is 1.29 bits per heavy atom. The van der Waals surface area contributed by atoms with Crippen molar-refractivity contribution in [1.82, 2.24) is 9.97 Å². The van der Waals surface area contributed by atoms with Gasteiger partial charge in [0.05, 0.1) is 15.5 Å². The first-order chi connectivity index (χ1) is 9.84. The van der Waals surface area contributed by atoms with Gasteiger partial charge in [-0.25, -0.2) is 9.97 Å². The van der Waals surface area contributed by atoms with Gasteiger partial charge in [0.25, 0.3) is 0 Å². The zero-order valence-electron chi connectivity index (χ0n) is 13.2. The van der Waals surface area contributed by atoms with Crippen molar-refractivity contribution in [2.75, 3.05) is 11.9 Å². The Kier molecular flexibility index (Phi) is 4.91. The highest BCUT2D eigenvalue weighted by Crippen LogP contribution is 2.32. The molecule has 0 aliphatic carbocycles. The lowest BCUT2D eigenvalue weighted by Gasteiger charge is -2.22. The van der Waals surface area contributed by atoms with Gasteiger partial charge in [-0.05, 0) is 47.6 Å². The van der Waals surface area contributed by atoms with E-state index in [0.717, 1.165) is 39.4 Å². The van der Waals surface area contributed by atoms with Crippen LogP contribution in [0.3, 0.4) is 0 Å². The molecular formula is C16H22IN3O. The minimum atomic E-state index is -0.0443. The number of furan rings is 1. The van der Waals surface area contributed by atoms with Gasteiger partial charge in [0.2, 0.25) is 0 Å². The first-order valence-corrected chi connectivity index (χ1v) is 8.28. The molecule has 2 aromatic heterocycles. The molecule has 2 aromatic rings. The van der Waals surface area contributed by atoms with Gasteiger partial charge in [0, 0.05) is 12.0 Å². The van der Waals surface area contributed by atoms with Crippen LogP contribution < -0.4 is 5.32 Å². The summed E-state index contributed by atoms with van der Waals surface area (Å²) in [5.41, 5.74) is 2.05. The average molecular weight is 399 g/mol. The Morgan fingerprint density at radius 2 is 2.00 bits per heavy atom. The number of halogens is 1. The number of rotatable bonds is 4. The summed E-state index contributed by atoms with van der Waals surface area (Å²) in [4.78, 5) is 9.43. The summed E-state index contributed by atoms with van der Waals surface area (Å²) in [7, 11) is 0. The van der Waals surface area contributed by atoms with Crippen LogP contribution in [-0.2, 0) is 5.41 Å². The van der Waals surface area contributed by atoms with Crippen LogP contribution in [0.5, 0.6) is 0 Å². The topological polar surface area (TPSA) is 51.0 Å². The van der Waals surface area contributed by atoms with Crippen LogP contribution in [0.1, 0.15) is 45.4 Å². The number of aromatic nitrogens is 2. The molecule has 0 unspecified atom stereocenters. The number of hydrogen-bond donors (Lipinski definition) is 1. The van der Waals surface area contributed by atoms with Gasteiger partial charge in [-0.3, -0.25) is 0 Å². The number of hydrogen-bond acceptors (Lipinski definition) is 4. The summed E-state index contributed by atoms with van der Waals surface area (Å²) in [6, 6.07) is 1.94. The third kappa shape index (κ3) is 3.56. The van der Waals surface area contributed by atoms with E-state index in [2.05, 4.69) is 60.6 Å². The van der Waals surface area contributed by atoms with Gasteiger partial charge >= 0.3 is 0 Å². The molecule has 1 N–H and O–H groups in total. The highest BCUT2D eigenvalue weighted by molar-refractivity contribution is 14.1. The van der Waals surface area contributed by atoms with Crippen LogP contribution in [0.25, 0.3) is 11.6 Å². The molecule has 0 saturated carbocycles. The number of anilines is 1. The molecule has 0 fully saturated rings. The largest absolute Gasteiger partial charge is 0.461 e. The Bertz CT molecular complexity index is 629. The zero-order valence-corrected chi connectivity index (χ0v) is 15.4. The van der Waals surface area contributed by atoms with E-state index in [0.29, 0.717) is 5.82 Å². The lowest BCUT2D eigenvalue weighted by molar-refractivity contribution is 0.553. The summed E-state index contributed by atoms with van der Waals surface area (Å²) in [6.07, 6.45) is 2.74. The molecular weight excluding hydrogens is 377 g/mol. The van der Waals surface area contributed by atoms with Gasteiger partial charge in [-0.2, -0.15) is 0 Å². The maximum Gasteiger partial charge on any atom is 0.198 e. The normalized spacial score (nSPS) is 11.7. The Balaban J connectivity index is 2.59. The van der Waals surface area contributed by atoms with Gasteiger partial charge in [0.1, 0.15) is 5.82 Å². The summed E-state index contributed by atoms with van der Waals surface area (Å²) in [5.74, 6) is 2.29. The standard InChI is InChI=1S/C16H22IN3O/c1-6-8-18-14-11(17)13(16(3,4)5)19-15(20-14)12-10(2)7-9-21-12/h7,9H,6,8H2,1-5H3,(H,18,19,20). The summed E-state index contributed by atoms with van der Waals surface area (Å²) in [5, 5.41) is 3.40. The fourth-order valence-electron chi connectivity index (χ4n) is 2.01. The average Bonchev–Trinajstić information content (AvgIpc) is 2.82. The van der Waals surface area contributed by atoms with E-state index in [-0.39, 0.29) is 5.41 Å². The maximum absolute atomic E-state index is 5.56. The van der Waals surface area contributed by atoms with Crippen LogP contribution in [0.2, 0.25) is 0 Å². The first kappa shape index (κ1) is 16.3. The minimum Gasteiger partial charge on any atom is -0.461 e. The second-order valence-corrected chi connectivity index (χ2v) is 7.25. The summed E-state index contributed by atoms with van der Waals surface area (Å²) in [6.45, 7) is 11.5. The maximum atomic E-state index is 5.56. The Hall–Kier alpha value is -1.11. The van der Waals surface area contributed by atoms with Gasteiger partial charge < -0.3 is 9.73 Å². The predicted octanol–water partition coefficient (Wildman–Crippen LogP) is 4.77. The van der Waals surface area contributed by atoms with E-state index >= 15 is 0 Å². The first-order valence-electron chi connectivity index (χ1n) is 7.21. The van der Waals surface area contributed by atoms with Crippen LogP contribution in [0.4, 0.5) is 5.82 Å². The van der Waals surface area contributed by atoms with Crippen molar-refractivity contribution < 1.29 is 4.42 Å². The highest BCUT2D eigenvalue weighted by Gasteiger charge is 2.24. The number of nitrogens with zero attached hydrogens (tertiary/aromatic N) is 2. The summed E-state index contributed by atoms with van der Waals surface area (Å²) >= 11 is 2.33. The van der Waals surface area contributed by atoms with Crippen LogP contribution in [0, 0.1) is 10.5 Å². The molecule has 0 bridgehead atoms. The zero-order chi connectivity index (χ0) is 15.6. The quantitative estimate of drug-likeness (QED) is 0.753. The van der Waals surface area contributed by atoms with E-state index in [1.54, 1.807) is 6.26 Å². The molecule has 0 radical (unpaired) electrons. The van der Waals surface area contributed by atoms with Gasteiger partial charge in [-0.1, -0.05) is 27.7 Å². The molecule has 5 heteroatoms. The van der Waals surface area contributed by atoms with Gasteiger partial charge in [0.15, 0.2) is 11.6 Å². The van der Waals surface area contributed by atoms with Crippen LogP contribution >= 0.6 is 22.6 Å². The predicted molar refractivity (Wildman–Crippen MR) is 94.7 cm³/mol. The third-order valence-corrected chi connectivity index (χ3v) is 4.19. The van der Waals surface area contributed by atoms with Crippen LogP contribution in [0.15, 0.2) is 16.7 Å². The van der Waals surface area contributed by atoms with Crippen molar-refractivity contribution >= 4 is 28.4 Å². The lowest BCUT2D eigenvalue weighted by atomic mass is 9.92. The molecule has 4 nitrogen and oxygen atoms in total. The third-order valence-electron chi connectivity index (χ3n) is 3.17. The number of aryl methyl sites for hydroxylation is 1. The molecule has 0 amide bonds. The second-order valence-electron chi connectivity index (χ2n) is 6.17. The van der Waals surface area contributed by atoms with E-state index in [1.807, 2.05) is 13.0 Å². The van der Waals surface area contributed by atoms with E-state index in [1.165, 1.54) is 0 Å². The molecule has 114 valence electrons. The molecule has 0 atom stereocenters. The van der Waals surface area contributed by atoms with Crippen molar-refractivity contribution in [3.63, 3.8) is 0 Å². The Morgan fingerprint density at radius 3 is 2.52 bits per heavy atom. The molecule has 2 heterocycles. The molecule has 0 aromatic carbocycles. The minimum absolute atomic E-state index is 0.0443. The van der Waals surface area contributed by atoms with Crippen molar-refractivity contribution in [3.8, 4) is 11.6 Å². The summed E-state index contributed by atoms with van der Waals surface area (Å²) < 4.78 is 6.65. The van der Waals surface area contributed by atoms with E-state index < -0.39 is 0 Å². The molecule has 21 heavy (non-hydrogen) atoms. The number of nitrogens with one attached hydrogen (secondary N) is 1. The van der Waals surface area contributed by atoms with Crippen molar-refractivity contribution in [2.45, 2.75) is 46.5 Å². The van der Waals surface area contributed by atoms with Crippen molar-refractivity contribution in [3.05, 3.63) is 27.2 Å². The van der Waals surface area contributed by atoms with Gasteiger partial charge in [-0.15, -0.1) is 0 Å². The van der Waals surface area contributed by atoms with Crippen molar-refractivity contribution in [1.29, 1.82) is 0 Å². The molecule has 0 aliphatic rings. The Labute approximate surface area is 139 Å². The fourth-order valence-corrected chi connectivity index (χ4v) is 3.25. The van der Waals surface area contributed by atoms with E-state index in [4.69, 9.17) is 9.40 Å². The molecule has 2 rings (SSSR count). The molecule has 0 saturated heterocycles. The SMILES string of the molecule is CCCNc1nc(-c2occc2C)nc(C(C)(C)C)c1I. The molecule has 0 aliphatic heterocycles.